The predicted molar refractivity (Wildman–Crippen MR) is 181 cm³/mol. The van der Waals surface area contributed by atoms with Gasteiger partial charge in [-0.3, -0.25) is 19.2 Å². The van der Waals surface area contributed by atoms with Crippen LogP contribution in [-0.2, 0) is 19.2 Å². The zero-order valence-corrected chi connectivity index (χ0v) is 30.0. The summed E-state index contributed by atoms with van der Waals surface area (Å²) in [5, 5.41) is 14.2. The number of amides is 7. The first-order valence-corrected chi connectivity index (χ1v) is 17.4. The van der Waals surface area contributed by atoms with Crippen LogP contribution in [0.5, 0.6) is 0 Å². The van der Waals surface area contributed by atoms with Crippen LogP contribution in [0.4, 0.5) is 9.59 Å². The van der Waals surface area contributed by atoms with E-state index in [1.807, 2.05) is 41.5 Å². The first kappa shape index (κ1) is 37.2. The van der Waals surface area contributed by atoms with E-state index in [-0.39, 0.29) is 41.7 Å². The number of nitrogens with one attached hydrogen (secondary N) is 5. The maximum absolute atomic E-state index is 14.4. The van der Waals surface area contributed by atoms with Gasteiger partial charge in [-0.1, -0.05) is 74.3 Å². The number of urea groups is 2. The van der Waals surface area contributed by atoms with E-state index in [0.29, 0.717) is 32.6 Å². The lowest BCUT2D eigenvalue weighted by atomic mass is 9.84. The molecule has 2 aliphatic carbocycles. The zero-order valence-electron chi connectivity index (χ0n) is 30.0. The van der Waals surface area contributed by atoms with Crippen molar-refractivity contribution in [2.75, 3.05) is 32.7 Å². The molecule has 13 nitrogen and oxygen atoms in total. The smallest absolute Gasteiger partial charge is 0.317 e. The van der Waals surface area contributed by atoms with Crippen molar-refractivity contribution in [3.05, 3.63) is 12.7 Å². The Morgan fingerprint density at radius 3 is 2.25 bits per heavy atom. The quantitative estimate of drug-likeness (QED) is 0.149. The minimum absolute atomic E-state index is 0.0843. The highest BCUT2D eigenvalue weighted by atomic mass is 16.2. The van der Waals surface area contributed by atoms with Crippen LogP contribution >= 0.6 is 0 Å². The van der Waals surface area contributed by atoms with Crippen molar-refractivity contribution in [1.82, 2.24) is 36.4 Å². The average Bonchev–Trinajstić information content (AvgIpc) is 3.84. The Hall–Kier alpha value is -3.64. The topological polar surface area (TPSA) is 169 Å². The highest BCUT2D eigenvalue weighted by molar-refractivity contribution is 6.38. The standard InChI is InChI=1S/C35H57N7O6/c1-10-14-36-29(45)26(43)22(17-20-12-13-20)38-28(44)25-24-21(35(24,8)9)18-42(25)30(46)27(34(5,6)7)40-31(47)39-23(33(2,3)4)19-41-16-11-15-37-32(41)48/h10,20-25,27H,1,11-19H2,2-9H3,(H,36,45)(H,37,48)(H,38,44)(H2,39,40,47)/t21-,22?,23+,24-,25-,27+/m0/s1. The highest BCUT2D eigenvalue weighted by Gasteiger charge is 2.70. The molecule has 2 saturated heterocycles. The molecular formula is C35H57N7O6. The molecule has 2 heterocycles. The minimum atomic E-state index is -0.994. The summed E-state index contributed by atoms with van der Waals surface area (Å²) in [4.78, 5) is 83.5. The lowest BCUT2D eigenvalue weighted by molar-refractivity contribution is -0.145. The van der Waals surface area contributed by atoms with Gasteiger partial charge in [-0.15, -0.1) is 6.58 Å². The summed E-state index contributed by atoms with van der Waals surface area (Å²) in [6.45, 7) is 21.2. The number of piperidine rings is 1. The molecule has 0 spiro atoms. The van der Waals surface area contributed by atoms with E-state index >= 15 is 0 Å². The first-order valence-electron chi connectivity index (χ1n) is 17.4. The van der Waals surface area contributed by atoms with E-state index in [4.69, 9.17) is 0 Å². The third-order valence-corrected chi connectivity index (χ3v) is 10.6. The monoisotopic (exact) mass is 671 g/mol. The fourth-order valence-electron chi connectivity index (χ4n) is 7.15. The molecule has 4 aliphatic rings. The molecule has 4 fully saturated rings. The third-order valence-electron chi connectivity index (χ3n) is 10.6. The summed E-state index contributed by atoms with van der Waals surface area (Å²) in [5.74, 6) is -2.10. The van der Waals surface area contributed by atoms with Crippen molar-refractivity contribution >= 4 is 35.6 Å². The van der Waals surface area contributed by atoms with Gasteiger partial charge < -0.3 is 36.4 Å². The first-order chi connectivity index (χ1) is 22.3. The summed E-state index contributed by atoms with van der Waals surface area (Å²) in [7, 11) is 0. The predicted octanol–water partition coefficient (Wildman–Crippen LogP) is 2.17. The Balaban J connectivity index is 1.51. The number of rotatable bonds is 13. The molecule has 268 valence electrons. The number of hydrogen-bond donors (Lipinski definition) is 5. The molecule has 2 aliphatic heterocycles. The van der Waals surface area contributed by atoms with Crippen LogP contribution in [-0.4, -0.2) is 102 Å². The fourth-order valence-corrected chi connectivity index (χ4v) is 7.15. The Kier molecular flexibility index (Phi) is 10.9. The van der Waals surface area contributed by atoms with Crippen LogP contribution in [0.15, 0.2) is 12.7 Å². The molecule has 6 atom stereocenters. The van der Waals surface area contributed by atoms with E-state index in [2.05, 4.69) is 47.0 Å². The maximum atomic E-state index is 14.4. The molecular weight excluding hydrogens is 614 g/mol. The summed E-state index contributed by atoms with van der Waals surface area (Å²) < 4.78 is 0. The van der Waals surface area contributed by atoms with Crippen LogP contribution in [0.1, 0.15) is 81.1 Å². The van der Waals surface area contributed by atoms with Crippen LogP contribution in [0.2, 0.25) is 0 Å². The van der Waals surface area contributed by atoms with Gasteiger partial charge in [0.05, 0.1) is 12.1 Å². The number of carbonyl (C=O) groups excluding carboxylic acids is 6. The Morgan fingerprint density at radius 1 is 1.02 bits per heavy atom. The van der Waals surface area contributed by atoms with Crippen molar-refractivity contribution in [3.8, 4) is 0 Å². The number of carbonyl (C=O) groups is 6. The molecule has 7 amide bonds. The second-order valence-corrected chi connectivity index (χ2v) is 16.9. The Morgan fingerprint density at radius 2 is 1.69 bits per heavy atom. The largest absolute Gasteiger partial charge is 0.346 e. The molecule has 5 N–H and O–H groups in total. The fraction of sp³-hybridized carbons (Fsp3) is 0.771. The summed E-state index contributed by atoms with van der Waals surface area (Å²) in [6, 6.07) is -3.92. The van der Waals surface area contributed by atoms with E-state index in [0.717, 1.165) is 19.3 Å². The van der Waals surface area contributed by atoms with E-state index in [1.165, 1.54) is 6.08 Å². The van der Waals surface area contributed by atoms with Crippen molar-refractivity contribution in [2.24, 2.45) is 34.0 Å². The zero-order chi connectivity index (χ0) is 35.8. The van der Waals surface area contributed by atoms with Crippen molar-refractivity contribution in [3.63, 3.8) is 0 Å². The second kappa shape index (κ2) is 14.1. The van der Waals surface area contributed by atoms with Crippen molar-refractivity contribution in [1.29, 1.82) is 0 Å². The Labute approximate surface area is 285 Å². The number of likely N-dealkylation sites (tertiary alicyclic amines) is 1. The normalized spacial score (nSPS) is 25.1. The molecule has 48 heavy (non-hydrogen) atoms. The molecule has 1 unspecified atom stereocenters. The molecule has 4 rings (SSSR count). The second-order valence-electron chi connectivity index (χ2n) is 16.9. The summed E-state index contributed by atoms with van der Waals surface area (Å²) >= 11 is 0. The number of Topliss-reactive ketones (excluding diaryl/α,β-unsaturated/α-hetero) is 1. The molecule has 0 radical (unpaired) electrons. The highest BCUT2D eigenvalue weighted by Crippen LogP contribution is 2.65. The SMILES string of the molecule is C=CCNC(=O)C(=O)C(CC1CC1)NC(=O)[C@@H]1[C@@H]2[C@H](CN1C(=O)[C@@H](NC(=O)N[C@H](CN1CCCNC1=O)C(C)(C)C)C(C)(C)C)C2(C)C. The van der Waals surface area contributed by atoms with Gasteiger partial charge in [0.25, 0.3) is 5.91 Å². The van der Waals surface area contributed by atoms with Gasteiger partial charge in [0.15, 0.2) is 0 Å². The Bertz CT molecular complexity index is 1300. The lowest BCUT2D eigenvalue weighted by Crippen LogP contribution is -2.63. The van der Waals surface area contributed by atoms with Gasteiger partial charge >= 0.3 is 12.1 Å². The van der Waals surface area contributed by atoms with Crippen molar-refractivity contribution in [2.45, 2.75) is 105 Å². The average molecular weight is 672 g/mol. The molecule has 2 saturated carbocycles. The van der Waals surface area contributed by atoms with Crippen LogP contribution < -0.4 is 26.6 Å². The third kappa shape index (κ3) is 8.49. The van der Waals surface area contributed by atoms with Crippen LogP contribution in [0, 0.1) is 34.0 Å². The number of fused-ring (bicyclic) bond motifs is 1. The number of ketones is 1. The van der Waals surface area contributed by atoms with Gasteiger partial charge in [-0.05, 0) is 46.8 Å². The van der Waals surface area contributed by atoms with Gasteiger partial charge in [-0.2, -0.15) is 0 Å². The molecule has 0 bridgehead atoms. The van der Waals surface area contributed by atoms with E-state index in [1.54, 1.807) is 9.80 Å². The molecule has 0 aromatic carbocycles. The van der Waals surface area contributed by atoms with E-state index in [9.17, 15) is 28.8 Å². The van der Waals surface area contributed by atoms with Gasteiger partial charge in [0, 0.05) is 32.7 Å². The van der Waals surface area contributed by atoms with Gasteiger partial charge in [-0.25, -0.2) is 9.59 Å². The van der Waals surface area contributed by atoms with Gasteiger partial charge in [0.2, 0.25) is 17.6 Å². The lowest BCUT2D eigenvalue weighted by Gasteiger charge is -2.40. The minimum Gasteiger partial charge on any atom is -0.346 e. The summed E-state index contributed by atoms with van der Waals surface area (Å²) in [6.07, 6.45) is 4.53. The van der Waals surface area contributed by atoms with Crippen LogP contribution in [0.25, 0.3) is 0 Å². The van der Waals surface area contributed by atoms with E-state index < -0.39 is 58.6 Å². The van der Waals surface area contributed by atoms with Crippen LogP contribution in [0.3, 0.4) is 0 Å². The van der Waals surface area contributed by atoms with Gasteiger partial charge in [0.1, 0.15) is 12.1 Å². The molecule has 13 heteroatoms. The maximum Gasteiger partial charge on any atom is 0.317 e. The van der Waals surface area contributed by atoms with Crippen molar-refractivity contribution < 1.29 is 28.8 Å². The molecule has 0 aromatic rings. The molecule has 0 aromatic heterocycles. The summed E-state index contributed by atoms with van der Waals surface area (Å²) in [5.41, 5.74) is -1.29. The number of nitrogens with zero attached hydrogens (tertiary/aromatic N) is 2. The number of hydrogen-bond acceptors (Lipinski definition) is 6.